The van der Waals surface area contributed by atoms with E-state index in [-0.39, 0.29) is 5.92 Å². The molecule has 1 aromatic rings. The van der Waals surface area contributed by atoms with Gasteiger partial charge in [-0.3, -0.25) is 4.79 Å². The fourth-order valence-electron chi connectivity index (χ4n) is 1.52. The van der Waals surface area contributed by atoms with Crippen LogP contribution in [0.3, 0.4) is 0 Å². The summed E-state index contributed by atoms with van der Waals surface area (Å²) >= 11 is 0. The molecule has 0 fully saturated rings. The maximum absolute atomic E-state index is 13.5. The molecule has 4 N–H and O–H groups in total. The summed E-state index contributed by atoms with van der Waals surface area (Å²) in [6, 6.07) is 3.96. The third-order valence-corrected chi connectivity index (χ3v) is 4.45. The molecule has 0 aromatic heterocycles. The Morgan fingerprint density at radius 1 is 1.33 bits per heavy atom. The summed E-state index contributed by atoms with van der Waals surface area (Å²) in [5, 5.41) is 2.58. The van der Waals surface area contributed by atoms with Gasteiger partial charge in [-0.25, -0.2) is 12.8 Å². The SMILES string of the molecule is CC(CN)CNC(=O)C(C)NS(=O)(=O)c1ccccc1F. The Hall–Kier alpha value is -1.51. The Labute approximate surface area is 124 Å². The topological polar surface area (TPSA) is 101 Å². The van der Waals surface area contributed by atoms with Crippen LogP contribution in [0.5, 0.6) is 0 Å². The van der Waals surface area contributed by atoms with Gasteiger partial charge in [-0.1, -0.05) is 19.1 Å². The van der Waals surface area contributed by atoms with Crippen molar-refractivity contribution in [1.29, 1.82) is 0 Å². The molecule has 2 unspecified atom stereocenters. The lowest BCUT2D eigenvalue weighted by molar-refractivity contribution is -0.122. The Kier molecular flexibility index (Phi) is 6.25. The molecule has 8 heteroatoms. The van der Waals surface area contributed by atoms with Gasteiger partial charge in [0.2, 0.25) is 15.9 Å². The number of rotatable bonds is 7. The third-order valence-electron chi connectivity index (χ3n) is 2.88. The minimum atomic E-state index is -4.09. The Morgan fingerprint density at radius 2 is 1.95 bits per heavy atom. The van der Waals surface area contributed by atoms with Gasteiger partial charge in [-0.2, -0.15) is 4.72 Å². The van der Waals surface area contributed by atoms with E-state index in [4.69, 9.17) is 5.73 Å². The molecule has 0 aliphatic heterocycles. The lowest BCUT2D eigenvalue weighted by atomic mass is 10.2. The van der Waals surface area contributed by atoms with Gasteiger partial charge in [0.1, 0.15) is 10.7 Å². The van der Waals surface area contributed by atoms with Crippen molar-refractivity contribution in [2.75, 3.05) is 13.1 Å². The minimum absolute atomic E-state index is 0.0873. The second kappa shape index (κ2) is 7.48. The molecule has 0 saturated carbocycles. The number of carbonyl (C=O) groups excluding carboxylic acids is 1. The molecule has 0 aliphatic rings. The first kappa shape index (κ1) is 17.5. The lowest BCUT2D eigenvalue weighted by Gasteiger charge is -2.16. The van der Waals surface area contributed by atoms with E-state index in [2.05, 4.69) is 10.0 Å². The summed E-state index contributed by atoms with van der Waals surface area (Å²) in [4.78, 5) is 11.3. The molecule has 2 atom stereocenters. The molecule has 0 aliphatic carbocycles. The molecule has 0 saturated heterocycles. The van der Waals surface area contributed by atoms with E-state index in [0.29, 0.717) is 13.1 Å². The van der Waals surface area contributed by atoms with Crippen LogP contribution < -0.4 is 15.8 Å². The van der Waals surface area contributed by atoms with Crippen LogP contribution in [0.1, 0.15) is 13.8 Å². The normalized spacial score (nSPS) is 14.5. The van der Waals surface area contributed by atoms with Crippen LogP contribution in [0.15, 0.2) is 29.2 Å². The monoisotopic (exact) mass is 317 g/mol. The highest BCUT2D eigenvalue weighted by molar-refractivity contribution is 7.89. The molecule has 0 spiro atoms. The van der Waals surface area contributed by atoms with Gasteiger partial charge in [0, 0.05) is 6.54 Å². The van der Waals surface area contributed by atoms with Crippen molar-refractivity contribution in [3.63, 3.8) is 0 Å². The van der Waals surface area contributed by atoms with Crippen molar-refractivity contribution < 1.29 is 17.6 Å². The Balaban J connectivity index is 2.71. The van der Waals surface area contributed by atoms with E-state index in [9.17, 15) is 17.6 Å². The van der Waals surface area contributed by atoms with Crippen LogP contribution in [-0.2, 0) is 14.8 Å². The average molecular weight is 317 g/mol. The van der Waals surface area contributed by atoms with Crippen LogP contribution in [0.2, 0.25) is 0 Å². The maximum atomic E-state index is 13.5. The van der Waals surface area contributed by atoms with Gasteiger partial charge in [-0.05, 0) is 31.5 Å². The van der Waals surface area contributed by atoms with Crippen molar-refractivity contribution in [2.24, 2.45) is 11.7 Å². The van der Waals surface area contributed by atoms with Gasteiger partial charge in [0.25, 0.3) is 0 Å². The van der Waals surface area contributed by atoms with Gasteiger partial charge in [0.15, 0.2) is 0 Å². The number of carbonyl (C=O) groups is 1. The van der Waals surface area contributed by atoms with Crippen molar-refractivity contribution in [3.8, 4) is 0 Å². The van der Waals surface area contributed by atoms with Crippen molar-refractivity contribution in [3.05, 3.63) is 30.1 Å². The van der Waals surface area contributed by atoms with E-state index < -0.39 is 32.7 Å². The number of hydrogen-bond donors (Lipinski definition) is 3. The van der Waals surface area contributed by atoms with E-state index in [1.807, 2.05) is 6.92 Å². The van der Waals surface area contributed by atoms with Gasteiger partial charge in [0.05, 0.1) is 6.04 Å². The predicted molar refractivity (Wildman–Crippen MR) is 77.4 cm³/mol. The molecule has 1 amide bonds. The number of benzene rings is 1. The molecule has 21 heavy (non-hydrogen) atoms. The first-order valence-corrected chi connectivity index (χ1v) is 8.01. The number of hydrogen-bond acceptors (Lipinski definition) is 4. The van der Waals surface area contributed by atoms with Gasteiger partial charge < -0.3 is 11.1 Å². The van der Waals surface area contributed by atoms with Crippen molar-refractivity contribution in [2.45, 2.75) is 24.8 Å². The zero-order valence-corrected chi connectivity index (χ0v) is 12.8. The summed E-state index contributed by atoms with van der Waals surface area (Å²) in [6.45, 7) is 4.01. The van der Waals surface area contributed by atoms with Crippen molar-refractivity contribution in [1.82, 2.24) is 10.0 Å². The average Bonchev–Trinajstić information content (AvgIpc) is 2.43. The molecule has 118 valence electrons. The number of nitrogens with one attached hydrogen (secondary N) is 2. The molecule has 1 aromatic carbocycles. The quantitative estimate of drug-likeness (QED) is 0.669. The van der Waals surface area contributed by atoms with Crippen LogP contribution in [0.4, 0.5) is 4.39 Å². The van der Waals surface area contributed by atoms with Crippen LogP contribution in [0.25, 0.3) is 0 Å². The largest absolute Gasteiger partial charge is 0.354 e. The standard InChI is InChI=1S/C13H20FN3O3S/c1-9(7-15)8-16-13(18)10(2)17-21(19,20)12-6-4-3-5-11(12)14/h3-6,9-10,17H,7-8,15H2,1-2H3,(H,16,18). The summed E-state index contributed by atoms with van der Waals surface area (Å²) in [6.07, 6.45) is 0. The molecular weight excluding hydrogens is 297 g/mol. The summed E-state index contributed by atoms with van der Waals surface area (Å²) in [5.41, 5.74) is 5.42. The van der Waals surface area contributed by atoms with Crippen LogP contribution in [0, 0.1) is 11.7 Å². The molecule has 1 rings (SSSR count). The minimum Gasteiger partial charge on any atom is -0.354 e. The number of nitrogens with two attached hydrogens (primary N) is 1. The fraction of sp³-hybridized carbons (Fsp3) is 0.462. The Bertz CT molecular complexity index is 592. The summed E-state index contributed by atoms with van der Waals surface area (Å²) < 4.78 is 39.7. The maximum Gasteiger partial charge on any atom is 0.244 e. The molecule has 0 radical (unpaired) electrons. The van der Waals surface area contributed by atoms with Crippen LogP contribution in [-0.4, -0.2) is 33.5 Å². The van der Waals surface area contributed by atoms with E-state index in [1.165, 1.54) is 19.1 Å². The number of sulfonamides is 1. The second-order valence-corrected chi connectivity index (χ2v) is 6.54. The first-order chi connectivity index (χ1) is 9.77. The number of amides is 1. The molecular formula is C13H20FN3O3S. The van der Waals surface area contributed by atoms with Crippen molar-refractivity contribution >= 4 is 15.9 Å². The smallest absolute Gasteiger partial charge is 0.244 e. The summed E-state index contributed by atoms with van der Waals surface area (Å²) in [7, 11) is -4.09. The predicted octanol–water partition coefficient (Wildman–Crippen LogP) is 0.204. The van der Waals surface area contributed by atoms with Crippen LogP contribution >= 0.6 is 0 Å². The number of halogens is 1. The zero-order chi connectivity index (χ0) is 16.0. The molecule has 0 heterocycles. The highest BCUT2D eigenvalue weighted by Gasteiger charge is 2.24. The lowest BCUT2D eigenvalue weighted by Crippen LogP contribution is -2.46. The zero-order valence-electron chi connectivity index (χ0n) is 12.0. The molecule has 6 nitrogen and oxygen atoms in total. The van der Waals surface area contributed by atoms with E-state index in [0.717, 1.165) is 12.1 Å². The fourth-order valence-corrected chi connectivity index (χ4v) is 2.81. The second-order valence-electron chi connectivity index (χ2n) is 4.86. The Morgan fingerprint density at radius 3 is 2.52 bits per heavy atom. The molecule has 0 bridgehead atoms. The first-order valence-electron chi connectivity index (χ1n) is 6.52. The summed E-state index contributed by atoms with van der Waals surface area (Å²) in [5.74, 6) is -1.27. The van der Waals surface area contributed by atoms with Gasteiger partial charge in [-0.15, -0.1) is 0 Å². The van der Waals surface area contributed by atoms with Gasteiger partial charge >= 0.3 is 0 Å². The van der Waals surface area contributed by atoms with E-state index in [1.54, 1.807) is 0 Å². The van der Waals surface area contributed by atoms with E-state index >= 15 is 0 Å². The third kappa shape index (κ3) is 5.07. The highest BCUT2D eigenvalue weighted by atomic mass is 32.2. The highest BCUT2D eigenvalue weighted by Crippen LogP contribution is 2.13.